The normalized spacial score (nSPS) is 12.1. The lowest BCUT2D eigenvalue weighted by molar-refractivity contribution is 1.08. The van der Waals surface area contributed by atoms with Gasteiger partial charge in [-0.15, -0.1) is 11.3 Å². The van der Waals surface area contributed by atoms with Gasteiger partial charge in [0.2, 0.25) is 0 Å². The van der Waals surface area contributed by atoms with Crippen LogP contribution in [0.4, 0.5) is 0 Å². The second-order valence-electron chi connectivity index (χ2n) is 9.98. The summed E-state index contributed by atoms with van der Waals surface area (Å²) in [5.74, 6) is 0.932. The van der Waals surface area contributed by atoms with E-state index in [9.17, 15) is 0 Å². The number of hydrogen-bond donors (Lipinski definition) is 0. The van der Waals surface area contributed by atoms with Gasteiger partial charge in [0, 0.05) is 53.6 Å². The van der Waals surface area contributed by atoms with E-state index >= 15 is 0 Å². The van der Waals surface area contributed by atoms with Gasteiger partial charge in [-0.1, -0.05) is 78.9 Å². The number of pyridine rings is 1. The Hall–Kier alpha value is -4.93. The molecule has 5 aromatic carbocycles. The van der Waals surface area contributed by atoms with Crippen molar-refractivity contribution in [3.05, 3.63) is 128 Å². The summed E-state index contributed by atoms with van der Waals surface area (Å²) in [6.45, 7) is 0. The summed E-state index contributed by atoms with van der Waals surface area (Å²) in [5, 5.41) is 7.70. The number of para-hydroxylation sites is 3. The van der Waals surface area contributed by atoms with Gasteiger partial charge in [-0.3, -0.25) is 4.57 Å². The maximum atomic E-state index is 4.86. The lowest BCUT2D eigenvalue weighted by atomic mass is 10.0. The van der Waals surface area contributed by atoms with Crippen LogP contribution in [0.1, 0.15) is 0 Å². The van der Waals surface area contributed by atoms with E-state index in [0.717, 1.165) is 5.82 Å². The highest BCUT2D eigenvalue weighted by Gasteiger charge is 2.26. The van der Waals surface area contributed by atoms with E-state index in [2.05, 4.69) is 124 Å². The van der Waals surface area contributed by atoms with Gasteiger partial charge in [0.25, 0.3) is 0 Å². The molecule has 0 aliphatic rings. The lowest BCUT2D eigenvalue weighted by Gasteiger charge is -2.11. The molecule has 0 N–H and O–H groups in total. The highest BCUT2D eigenvalue weighted by Crippen LogP contribution is 2.50. The van der Waals surface area contributed by atoms with E-state index in [0.29, 0.717) is 0 Å². The molecule has 182 valence electrons. The highest BCUT2D eigenvalue weighted by atomic mass is 32.1. The molecule has 0 aliphatic carbocycles. The Morgan fingerprint density at radius 3 is 1.85 bits per heavy atom. The summed E-state index contributed by atoms with van der Waals surface area (Å²) in [4.78, 5) is 4.86. The summed E-state index contributed by atoms with van der Waals surface area (Å²) in [6.07, 6.45) is 1.89. The van der Waals surface area contributed by atoms with Crippen molar-refractivity contribution in [2.24, 2.45) is 0 Å². The van der Waals surface area contributed by atoms with Crippen molar-refractivity contribution in [1.82, 2.24) is 14.1 Å². The number of hydrogen-bond acceptors (Lipinski definition) is 2. The van der Waals surface area contributed by atoms with Crippen LogP contribution in [0.5, 0.6) is 0 Å². The first kappa shape index (κ1) is 21.1. The minimum absolute atomic E-state index is 0.932. The van der Waals surface area contributed by atoms with Gasteiger partial charge in [-0.2, -0.15) is 0 Å². The van der Waals surface area contributed by atoms with Gasteiger partial charge in [-0.05, 0) is 42.5 Å². The summed E-state index contributed by atoms with van der Waals surface area (Å²) in [5.41, 5.74) is 6.03. The summed E-state index contributed by atoms with van der Waals surface area (Å²) in [7, 11) is 0. The zero-order valence-corrected chi connectivity index (χ0v) is 21.7. The van der Waals surface area contributed by atoms with E-state index in [-0.39, 0.29) is 0 Å². The van der Waals surface area contributed by atoms with Gasteiger partial charge in [0.05, 0.1) is 22.1 Å². The number of benzene rings is 5. The summed E-state index contributed by atoms with van der Waals surface area (Å²) in [6, 6.07) is 43.4. The molecule has 0 amide bonds. The maximum Gasteiger partial charge on any atom is 0.137 e. The number of aromatic nitrogens is 3. The number of rotatable bonds is 2. The molecule has 0 aliphatic heterocycles. The first-order valence-electron chi connectivity index (χ1n) is 13.2. The van der Waals surface area contributed by atoms with Crippen molar-refractivity contribution in [1.29, 1.82) is 0 Å². The molecule has 0 saturated carbocycles. The van der Waals surface area contributed by atoms with Gasteiger partial charge in [0.1, 0.15) is 5.82 Å². The van der Waals surface area contributed by atoms with E-state index in [1.807, 2.05) is 23.6 Å². The Kier molecular flexibility index (Phi) is 4.21. The predicted molar refractivity (Wildman–Crippen MR) is 166 cm³/mol. The summed E-state index contributed by atoms with van der Waals surface area (Å²) < 4.78 is 7.46. The van der Waals surface area contributed by atoms with Crippen molar-refractivity contribution in [3.8, 4) is 11.5 Å². The van der Waals surface area contributed by atoms with Gasteiger partial charge in [-0.25, -0.2) is 4.98 Å². The molecule has 4 heteroatoms. The van der Waals surface area contributed by atoms with Crippen molar-refractivity contribution in [3.63, 3.8) is 0 Å². The van der Waals surface area contributed by atoms with Crippen LogP contribution in [0.2, 0.25) is 0 Å². The first-order valence-corrected chi connectivity index (χ1v) is 14.0. The maximum absolute atomic E-state index is 4.86. The fourth-order valence-electron chi connectivity index (χ4n) is 6.45. The summed E-state index contributed by atoms with van der Waals surface area (Å²) >= 11 is 1.90. The van der Waals surface area contributed by atoms with Crippen molar-refractivity contribution >= 4 is 75.1 Å². The third kappa shape index (κ3) is 2.73. The Balaban J connectivity index is 1.70. The molecule has 9 rings (SSSR count). The Morgan fingerprint density at radius 1 is 0.487 bits per heavy atom. The standard InChI is InChI=1S/C35H21N3S/c1-2-12-22(13-3-1)37-26-17-7-5-15-24(26)31-33(37)30-23-14-4-8-18-27(23)38(29-20-10-11-21-36-29)34(30)32-25-16-6-9-19-28(25)39-35(31)32/h1-21H. The molecule has 0 spiro atoms. The molecule has 0 saturated heterocycles. The third-order valence-electron chi connectivity index (χ3n) is 7.94. The number of nitrogens with zero attached hydrogens (tertiary/aromatic N) is 3. The quantitative estimate of drug-likeness (QED) is 0.225. The zero-order chi connectivity index (χ0) is 25.5. The van der Waals surface area contributed by atoms with Crippen LogP contribution in [0.3, 0.4) is 0 Å². The molecule has 0 fully saturated rings. The third-order valence-corrected chi connectivity index (χ3v) is 9.13. The smallest absolute Gasteiger partial charge is 0.137 e. The minimum atomic E-state index is 0.932. The van der Waals surface area contributed by atoms with E-state index < -0.39 is 0 Å². The van der Waals surface area contributed by atoms with Crippen LogP contribution >= 0.6 is 11.3 Å². The van der Waals surface area contributed by atoms with Crippen LogP contribution in [0, 0.1) is 0 Å². The fourth-order valence-corrected chi connectivity index (χ4v) is 7.71. The second-order valence-corrected chi connectivity index (χ2v) is 11.0. The largest absolute Gasteiger partial charge is 0.308 e. The van der Waals surface area contributed by atoms with Crippen molar-refractivity contribution < 1.29 is 0 Å². The average Bonchev–Trinajstić information content (AvgIpc) is 3.66. The molecule has 39 heavy (non-hydrogen) atoms. The SMILES string of the molecule is c1ccc(-n2c3ccccc3c3c4sc5ccccc5c4c4c(c5ccccc5n4-c4ccccn4)c32)cc1. The molecule has 0 unspecified atom stereocenters. The zero-order valence-electron chi connectivity index (χ0n) is 20.9. The molecular weight excluding hydrogens is 494 g/mol. The molecular formula is C35H21N3S. The van der Waals surface area contributed by atoms with Crippen LogP contribution in [0.25, 0.3) is 75.3 Å². The molecule has 0 bridgehead atoms. The van der Waals surface area contributed by atoms with Crippen molar-refractivity contribution in [2.75, 3.05) is 0 Å². The van der Waals surface area contributed by atoms with Crippen LogP contribution in [-0.2, 0) is 0 Å². The minimum Gasteiger partial charge on any atom is -0.308 e. The Bertz CT molecular complexity index is 2300. The predicted octanol–water partition coefficient (Wildman–Crippen LogP) is 9.64. The Morgan fingerprint density at radius 2 is 1.08 bits per heavy atom. The molecule has 4 heterocycles. The van der Waals surface area contributed by atoms with Crippen molar-refractivity contribution in [2.45, 2.75) is 0 Å². The van der Waals surface area contributed by atoms with E-state index in [1.165, 1.54) is 69.5 Å². The monoisotopic (exact) mass is 515 g/mol. The van der Waals surface area contributed by atoms with E-state index in [1.54, 1.807) is 0 Å². The van der Waals surface area contributed by atoms with Crippen LogP contribution in [0.15, 0.2) is 128 Å². The first-order chi connectivity index (χ1) is 19.4. The molecule has 0 atom stereocenters. The van der Waals surface area contributed by atoms with Gasteiger partial charge < -0.3 is 4.57 Å². The Labute approximate surface area is 227 Å². The van der Waals surface area contributed by atoms with Crippen LogP contribution < -0.4 is 0 Å². The molecule has 9 aromatic rings. The lowest BCUT2D eigenvalue weighted by Crippen LogP contribution is -1.97. The molecule has 0 radical (unpaired) electrons. The van der Waals surface area contributed by atoms with Gasteiger partial charge in [0.15, 0.2) is 0 Å². The fraction of sp³-hybridized carbons (Fsp3) is 0. The van der Waals surface area contributed by atoms with E-state index in [4.69, 9.17) is 4.98 Å². The number of fused-ring (bicyclic) bond motifs is 12. The van der Waals surface area contributed by atoms with Crippen LogP contribution in [-0.4, -0.2) is 14.1 Å². The second kappa shape index (κ2) is 7.79. The molecule has 3 nitrogen and oxygen atoms in total. The topological polar surface area (TPSA) is 22.8 Å². The average molecular weight is 516 g/mol. The highest BCUT2D eigenvalue weighted by molar-refractivity contribution is 7.27. The number of thiophene rings is 1. The molecule has 4 aromatic heterocycles. The van der Waals surface area contributed by atoms with Gasteiger partial charge >= 0.3 is 0 Å².